The van der Waals surface area contributed by atoms with E-state index in [0.717, 1.165) is 17.4 Å². The molecule has 1 aromatic heterocycles. The third-order valence-electron chi connectivity index (χ3n) is 2.14. The lowest BCUT2D eigenvalue weighted by Gasteiger charge is -2.05. The molecule has 19 heavy (non-hydrogen) atoms. The zero-order valence-electron chi connectivity index (χ0n) is 9.84. The Morgan fingerprint density at radius 3 is 2.89 bits per heavy atom. The van der Waals surface area contributed by atoms with Gasteiger partial charge in [-0.1, -0.05) is 29.0 Å². The average molecular weight is 297 g/mol. The van der Waals surface area contributed by atoms with Crippen LogP contribution in [0.1, 0.15) is 9.67 Å². The number of halogens is 1. The van der Waals surface area contributed by atoms with Crippen LogP contribution in [0.25, 0.3) is 0 Å². The lowest BCUT2D eigenvalue weighted by atomic mass is 10.3. The number of carbonyl (C=O) groups excluding carboxylic acids is 1. The van der Waals surface area contributed by atoms with Crippen LogP contribution in [-0.4, -0.2) is 18.1 Å². The molecule has 0 spiro atoms. The van der Waals surface area contributed by atoms with Gasteiger partial charge >= 0.3 is 5.97 Å². The summed E-state index contributed by atoms with van der Waals surface area (Å²) in [5.74, 6) is -0.571. The monoisotopic (exact) mass is 296 g/mol. The molecule has 0 aliphatic rings. The Bertz CT molecular complexity index is 672. The van der Waals surface area contributed by atoms with E-state index < -0.39 is 11.5 Å². The number of rotatable bonds is 3. The minimum atomic E-state index is -0.571. The molecule has 0 atom stereocenters. The van der Waals surface area contributed by atoms with Gasteiger partial charge in [0.2, 0.25) is 0 Å². The van der Waals surface area contributed by atoms with Crippen LogP contribution in [0.15, 0.2) is 35.1 Å². The zero-order chi connectivity index (χ0) is 13.8. The summed E-state index contributed by atoms with van der Waals surface area (Å²) >= 11 is 6.88. The van der Waals surface area contributed by atoms with Crippen molar-refractivity contribution in [1.82, 2.24) is 4.98 Å². The van der Waals surface area contributed by atoms with Gasteiger partial charge in [0.25, 0.3) is 5.56 Å². The summed E-state index contributed by atoms with van der Waals surface area (Å²) in [6.07, 6.45) is 0. The maximum absolute atomic E-state index is 11.4. The predicted octanol–water partition coefficient (Wildman–Crippen LogP) is 2.69. The Kier molecular flexibility index (Phi) is 4.13. The summed E-state index contributed by atoms with van der Waals surface area (Å²) in [4.78, 5) is 26.8. The van der Waals surface area contributed by atoms with E-state index >= 15 is 0 Å². The van der Waals surface area contributed by atoms with Gasteiger partial charge in [-0.25, -0.2) is 4.79 Å². The second kappa shape index (κ2) is 5.81. The molecule has 0 saturated carbocycles. The van der Waals surface area contributed by atoms with Crippen LogP contribution < -0.4 is 10.9 Å². The normalized spacial score (nSPS) is 10.0. The summed E-state index contributed by atoms with van der Waals surface area (Å²) < 4.78 is 4.57. The maximum Gasteiger partial charge on any atom is 0.348 e. The summed E-state index contributed by atoms with van der Waals surface area (Å²) in [5.41, 5.74) is 0.168. The SMILES string of the molecule is COC(=O)c1cc(=O)nc(Nc2cccc(Cl)c2)s1. The minimum absolute atomic E-state index is 0.187. The summed E-state index contributed by atoms with van der Waals surface area (Å²) in [6, 6.07) is 8.09. The summed E-state index contributed by atoms with van der Waals surface area (Å²) in [6.45, 7) is 0. The van der Waals surface area contributed by atoms with Gasteiger partial charge in [-0.15, -0.1) is 0 Å². The summed E-state index contributed by atoms with van der Waals surface area (Å²) in [5, 5.41) is 3.78. The number of benzene rings is 1. The van der Waals surface area contributed by atoms with E-state index in [0.29, 0.717) is 15.8 Å². The smallest absolute Gasteiger partial charge is 0.348 e. The van der Waals surface area contributed by atoms with E-state index in [-0.39, 0.29) is 4.88 Å². The van der Waals surface area contributed by atoms with Crippen molar-refractivity contribution in [2.75, 3.05) is 12.4 Å². The van der Waals surface area contributed by atoms with Crippen molar-refractivity contribution < 1.29 is 9.53 Å². The van der Waals surface area contributed by atoms with Gasteiger partial charge in [-0.3, -0.25) is 4.79 Å². The molecule has 0 unspecified atom stereocenters. The molecule has 1 N–H and O–H groups in total. The highest BCUT2D eigenvalue weighted by molar-refractivity contribution is 7.17. The zero-order valence-corrected chi connectivity index (χ0v) is 11.4. The standard InChI is InChI=1S/C12H9ClN2O3S/c1-18-11(17)9-6-10(16)15-12(19-9)14-8-4-2-3-7(13)5-8/h2-6H,1H3,(H,14,15,16). The number of aromatic nitrogens is 1. The second-order valence-electron chi connectivity index (χ2n) is 3.49. The van der Waals surface area contributed by atoms with E-state index in [1.165, 1.54) is 7.11 Å². The number of hydrogen-bond donors (Lipinski definition) is 1. The Morgan fingerprint density at radius 2 is 2.21 bits per heavy atom. The number of ether oxygens (including phenoxy) is 1. The number of hydrogen-bond acceptors (Lipinski definition) is 6. The first-order chi connectivity index (χ1) is 9.08. The van der Waals surface area contributed by atoms with Crippen molar-refractivity contribution >= 4 is 39.7 Å². The van der Waals surface area contributed by atoms with Crippen LogP contribution in [0.5, 0.6) is 0 Å². The average Bonchev–Trinajstić information content (AvgIpc) is 2.37. The second-order valence-corrected chi connectivity index (χ2v) is 4.96. The number of carbonyl (C=O) groups is 1. The molecule has 2 rings (SSSR count). The molecule has 98 valence electrons. The van der Waals surface area contributed by atoms with Crippen molar-refractivity contribution in [3.05, 3.63) is 50.6 Å². The number of nitrogens with zero attached hydrogens (tertiary/aromatic N) is 1. The van der Waals surface area contributed by atoms with Crippen molar-refractivity contribution in [1.29, 1.82) is 0 Å². The van der Waals surface area contributed by atoms with Gasteiger partial charge in [0.05, 0.1) is 7.11 Å². The molecular weight excluding hydrogens is 288 g/mol. The third-order valence-corrected chi connectivity index (χ3v) is 3.26. The van der Waals surface area contributed by atoms with E-state index in [9.17, 15) is 9.59 Å². The number of nitrogens with one attached hydrogen (secondary N) is 1. The largest absolute Gasteiger partial charge is 0.465 e. The summed E-state index contributed by atoms with van der Waals surface area (Å²) in [7, 11) is 1.25. The number of anilines is 2. The first kappa shape index (κ1) is 13.5. The number of methoxy groups -OCH3 is 1. The minimum Gasteiger partial charge on any atom is -0.465 e. The van der Waals surface area contributed by atoms with Crippen molar-refractivity contribution in [3.8, 4) is 0 Å². The van der Waals surface area contributed by atoms with Crippen LogP contribution in [0.2, 0.25) is 5.02 Å². The highest BCUT2D eigenvalue weighted by Crippen LogP contribution is 2.22. The molecule has 0 amide bonds. The quantitative estimate of drug-likeness (QED) is 0.882. The molecule has 5 nitrogen and oxygen atoms in total. The maximum atomic E-state index is 11.4. The van der Waals surface area contributed by atoms with E-state index in [1.807, 2.05) is 0 Å². The topological polar surface area (TPSA) is 68.3 Å². The van der Waals surface area contributed by atoms with Crippen LogP contribution in [-0.2, 0) is 4.74 Å². The Labute approximate surface area is 117 Å². The lowest BCUT2D eigenvalue weighted by molar-refractivity contribution is 0.0606. The fourth-order valence-electron chi connectivity index (χ4n) is 1.35. The first-order valence-corrected chi connectivity index (χ1v) is 6.41. The van der Waals surface area contributed by atoms with Crippen LogP contribution >= 0.6 is 22.9 Å². The highest BCUT2D eigenvalue weighted by Gasteiger charge is 2.10. The number of esters is 1. The van der Waals surface area contributed by atoms with Crippen molar-refractivity contribution in [2.24, 2.45) is 0 Å². The lowest BCUT2D eigenvalue weighted by Crippen LogP contribution is -2.10. The van der Waals surface area contributed by atoms with Crippen LogP contribution in [0, 0.1) is 0 Å². The third kappa shape index (κ3) is 3.52. The Morgan fingerprint density at radius 1 is 1.42 bits per heavy atom. The molecule has 7 heteroatoms. The predicted molar refractivity (Wildman–Crippen MR) is 74.5 cm³/mol. The molecule has 0 aliphatic heterocycles. The Hall–Kier alpha value is -1.92. The molecule has 0 radical (unpaired) electrons. The van der Waals surface area contributed by atoms with Gasteiger partial charge in [-0.2, -0.15) is 4.98 Å². The van der Waals surface area contributed by atoms with Crippen molar-refractivity contribution in [3.63, 3.8) is 0 Å². The molecular formula is C12H9ClN2O3S. The van der Waals surface area contributed by atoms with Gasteiger partial charge in [0.15, 0.2) is 5.13 Å². The highest BCUT2D eigenvalue weighted by atomic mass is 35.5. The molecule has 1 aromatic carbocycles. The fourth-order valence-corrected chi connectivity index (χ4v) is 2.37. The van der Waals surface area contributed by atoms with E-state index in [4.69, 9.17) is 11.6 Å². The van der Waals surface area contributed by atoms with Gasteiger partial charge in [0, 0.05) is 16.8 Å². The molecule has 1 heterocycles. The van der Waals surface area contributed by atoms with Crippen molar-refractivity contribution in [2.45, 2.75) is 0 Å². The Balaban J connectivity index is 2.33. The van der Waals surface area contributed by atoms with Crippen LogP contribution in [0.3, 0.4) is 0 Å². The van der Waals surface area contributed by atoms with E-state index in [1.54, 1.807) is 24.3 Å². The van der Waals surface area contributed by atoms with Gasteiger partial charge < -0.3 is 10.1 Å². The fraction of sp³-hybridized carbons (Fsp3) is 0.0833. The van der Waals surface area contributed by atoms with Gasteiger partial charge in [0.1, 0.15) is 4.88 Å². The molecule has 0 fully saturated rings. The van der Waals surface area contributed by atoms with Gasteiger partial charge in [-0.05, 0) is 18.2 Å². The molecule has 0 aliphatic carbocycles. The molecule has 0 saturated heterocycles. The first-order valence-electron chi connectivity index (χ1n) is 5.21. The molecule has 2 aromatic rings. The molecule has 0 bridgehead atoms. The van der Waals surface area contributed by atoms with E-state index in [2.05, 4.69) is 15.0 Å². The van der Waals surface area contributed by atoms with Crippen LogP contribution in [0.4, 0.5) is 10.8 Å².